The third-order valence-electron chi connectivity index (χ3n) is 4.61. The number of aromatic nitrogens is 1. The van der Waals surface area contributed by atoms with E-state index in [4.69, 9.17) is 4.74 Å². The van der Waals surface area contributed by atoms with Gasteiger partial charge in [0.15, 0.2) is 0 Å². The van der Waals surface area contributed by atoms with Crippen LogP contribution in [0.25, 0.3) is 0 Å². The first-order valence-corrected chi connectivity index (χ1v) is 10.6. The predicted molar refractivity (Wildman–Crippen MR) is 101 cm³/mol. The minimum Gasteiger partial charge on any atom is -0.478 e. The number of sulfonamides is 1. The van der Waals surface area contributed by atoms with Crippen molar-refractivity contribution in [2.75, 3.05) is 48.8 Å². The lowest BCUT2D eigenvalue weighted by Crippen LogP contribution is -2.36. The number of carbonyl (C=O) groups is 1. The summed E-state index contributed by atoms with van der Waals surface area (Å²) in [5.41, 5.74) is -0.228. The van der Waals surface area contributed by atoms with Crippen LogP contribution in [0.2, 0.25) is 0 Å². The van der Waals surface area contributed by atoms with Gasteiger partial charge in [-0.25, -0.2) is 27.0 Å². The Kier molecular flexibility index (Phi) is 7.16. The van der Waals surface area contributed by atoms with E-state index in [1.807, 2.05) is 6.92 Å². The normalized spacial score (nSPS) is 18.9. The third-order valence-corrected chi connectivity index (χ3v) is 5.78. The summed E-state index contributed by atoms with van der Waals surface area (Å²) in [5, 5.41) is 9.41. The fourth-order valence-corrected chi connectivity index (χ4v) is 3.74. The van der Waals surface area contributed by atoms with Crippen molar-refractivity contribution in [2.24, 2.45) is 11.8 Å². The second-order valence-corrected chi connectivity index (χ2v) is 8.88. The molecular formula is C17H25F2N3O5S. The Morgan fingerprint density at radius 2 is 2.00 bits per heavy atom. The van der Waals surface area contributed by atoms with Gasteiger partial charge in [-0.1, -0.05) is 6.92 Å². The number of nitrogens with zero attached hydrogens (tertiary/aromatic N) is 3. The van der Waals surface area contributed by atoms with E-state index in [1.54, 1.807) is 0 Å². The number of halogens is 2. The molecule has 2 atom stereocenters. The molecule has 1 aromatic heterocycles. The van der Waals surface area contributed by atoms with Gasteiger partial charge in [-0.15, -0.1) is 0 Å². The predicted octanol–water partition coefficient (Wildman–Crippen LogP) is 1.92. The molecule has 1 saturated carbocycles. The van der Waals surface area contributed by atoms with Crippen molar-refractivity contribution < 1.29 is 31.8 Å². The number of hydrogen-bond donors (Lipinski definition) is 1. The van der Waals surface area contributed by atoms with Crippen molar-refractivity contribution >= 4 is 27.6 Å². The molecule has 1 fully saturated rings. The number of carboxylic acid groups (broad SMARTS) is 1. The van der Waals surface area contributed by atoms with E-state index < -0.39 is 29.0 Å². The molecule has 1 aliphatic rings. The van der Waals surface area contributed by atoms with Crippen LogP contribution in [-0.4, -0.2) is 70.5 Å². The number of pyridine rings is 1. The quantitative estimate of drug-likeness (QED) is 0.583. The molecule has 0 spiro atoms. The maximum Gasteiger partial charge on any atom is 0.335 e. The molecule has 28 heavy (non-hydrogen) atoms. The Labute approximate surface area is 163 Å². The molecule has 2 rings (SSSR count). The molecule has 0 aliphatic heterocycles. The lowest BCUT2D eigenvalue weighted by Gasteiger charge is -2.27. The van der Waals surface area contributed by atoms with Crippen LogP contribution in [0.5, 0.6) is 0 Å². The Hall–Kier alpha value is -2.01. The van der Waals surface area contributed by atoms with Crippen molar-refractivity contribution in [2.45, 2.75) is 19.8 Å². The highest BCUT2D eigenvalue weighted by atomic mass is 32.2. The molecule has 1 aliphatic carbocycles. The first-order valence-electron chi connectivity index (χ1n) is 8.78. The van der Waals surface area contributed by atoms with Crippen LogP contribution < -0.4 is 9.21 Å². The third kappa shape index (κ3) is 5.99. The van der Waals surface area contributed by atoms with Gasteiger partial charge in [0.1, 0.15) is 11.6 Å². The summed E-state index contributed by atoms with van der Waals surface area (Å²) in [5.74, 6) is -0.812. The van der Waals surface area contributed by atoms with E-state index in [2.05, 4.69) is 4.98 Å². The van der Waals surface area contributed by atoms with Gasteiger partial charge in [0.25, 0.3) is 6.43 Å². The van der Waals surface area contributed by atoms with Gasteiger partial charge in [-0.2, -0.15) is 0 Å². The van der Waals surface area contributed by atoms with Gasteiger partial charge < -0.3 is 14.7 Å². The molecule has 0 radical (unpaired) electrons. The molecule has 0 amide bonds. The Bertz CT molecular complexity index is 806. The van der Waals surface area contributed by atoms with Gasteiger partial charge in [-0.3, -0.25) is 4.31 Å². The summed E-state index contributed by atoms with van der Waals surface area (Å²) in [6, 6.07) is 2.31. The molecule has 2 unspecified atom stereocenters. The van der Waals surface area contributed by atoms with Crippen LogP contribution in [0.1, 0.15) is 23.7 Å². The standard InChI is InChI=1S/C17H25F2N3O5S/c1-11-6-13(11)9-21(10-14(18)19)15-7-12(17(23)24)8-16(20-15)22(4-5-27-2)28(3,25)26/h7-8,11,13-14H,4-6,9-10H2,1-3H3,(H,23,24). The second kappa shape index (κ2) is 8.99. The molecule has 0 saturated heterocycles. The van der Waals surface area contributed by atoms with Crippen LogP contribution in [0.3, 0.4) is 0 Å². The number of carboxylic acids is 1. The second-order valence-electron chi connectivity index (χ2n) is 6.97. The van der Waals surface area contributed by atoms with Gasteiger partial charge >= 0.3 is 5.97 Å². The number of methoxy groups -OCH3 is 1. The summed E-state index contributed by atoms with van der Waals surface area (Å²) >= 11 is 0. The zero-order chi connectivity index (χ0) is 21.1. The Morgan fingerprint density at radius 1 is 1.39 bits per heavy atom. The van der Waals surface area contributed by atoms with E-state index >= 15 is 0 Å². The van der Waals surface area contributed by atoms with Gasteiger partial charge in [0.2, 0.25) is 10.0 Å². The molecular weight excluding hydrogens is 396 g/mol. The molecule has 158 valence electrons. The topological polar surface area (TPSA) is 100 Å². The molecule has 1 aromatic rings. The molecule has 8 nitrogen and oxygen atoms in total. The van der Waals surface area contributed by atoms with Crippen LogP contribution in [-0.2, 0) is 14.8 Å². The minimum atomic E-state index is -3.79. The summed E-state index contributed by atoms with van der Waals surface area (Å²) in [7, 11) is -2.39. The number of hydrogen-bond acceptors (Lipinski definition) is 6. The monoisotopic (exact) mass is 421 g/mol. The minimum absolute atomic E-state index is 0.0142. The molecule has 0 aromatic carbocycles. The van der Waals surface area contributed by atoms with Crippen molar-refractivity contribution in [1.29, 1.82) is 0 Å². The largest absolute Gasteiger partial charge is 0.478 e. The van der Waals surface area contributed by atoms with E-state index in [0.717, 1.165) is 23.0 Å². The molecule has 11 heteroatoms. The summed E-state index contributed by atoms with van der Waals surface area (Å²) in [6.45, 7) is 1.67. The first kappa shape index (κ1) is 22.3. The number of rotatable bonds is 11. The van der Waals surface area contributed by atoms with Crippen LogP contribution in [0.4, 0.5) is 20.4 Å². The number of anilines is 2. The smallest absolute Gasteiger partial charge is 0.335 e. The Morgan fingerprint density at radius 3 is 2.46 bits per heavy atom. The fourth-order valence-electron chi connectivity index (χ4n) is 2.90. The highest BCUT2D eigenvalue weighted by Gasteiger charge is 2.35. The van der Waals surface area contributed by atoms with Gasteiger partial charge in [0, 0.05) is 13.7 Å². The fraction of sp³-hybridized carbons (Fsp3) is 0.647. The molecule has 1 heterocycles. The number of aromatic carboxylic acids is 1. The zero-order valence-corrected chi connectivity index (χ0v) is 16.8. The molecule has 0 bridgehead atoms. The van der Waals surface area contributed by atoms with Crippen LogP contribution in [0.15, 0.2) is 12.1 Å². The van der Waals surface area contributed by atoms with E-state index in [1.165, 1.54) is 18.1 Å². The average Bonchev–Trinajstić information content (AvgIpc) is 3.27. The lowest BCUT2D eigenvalue weighted by molar-refractivity contribution is 0.0696. The van der Waals surface area contributed by atoms with E-state index in [-0.39, 0.29) is 36.3 Å². The van der Waals surface area contributed by atoms with Crippen molar-refractivity contribution in [1.82, 2.24) is 4.98 Å². The summed E-state index contributed by atoms with van der Waals surface area (Å²) < 4.78 is 56.3. The van der Waals surface area contributed by atoms with Crippen molar-refractivity contribution in [3.63, 3.8) is 0 Å². The van der Waals surface area contributed by atoms with E-state index in [0.29, 0.717) is 12.5 Å². The summed E-state index contributed by atoms with van der Waals surface area (Å²) in [4.78, 5) is 17.1. The van der Waals surface area contributed by atoms with Gasteiger partial charge in [0.05, 0.1) is 31.5 Å². The van der Waals surface area contributed by atoms with Crippen LogP contribution >= 0.6 is 0 Å². The summed E-state index contributed by atoms with van der Waals surface area (Å²) in [6.07, 6.45) is -0.790. The highest BCUT2D eigenvalue weighted by molar-refractivity contribution is 7.92. The van der Waals surface area contributed by atoms with Crippen molar-refractivity contribution in [3.8, 4) is 0 Å². The van der Waals surface area contributed by atoms with Gasteiger partial charge in [-0.05, 0) is 30.4 Å². The maximum absolute atomic E-state index is 13.1. The maximum atomic E-state index is 13.1. The number of alkyl halides is 2. The van der Waals surface area contributed by atoms with Crippen molar-refractivity contribution in [3.05, 3.63) is 17.7 Å². The Balaban J connectivity index is 2.48. The SMILES string of the molecule is COCCN(c1cc(C(=O)O)cc(N(CC(F)F)CC2CC2C)n1)S(C)(=O)=O. The zero-order valence-electron chi connectivity index (χ0n) is 16.0. The van der Waals surface area contributed by atoms with E-state index in [9.17, 15) is 27.1 Å². The van der Waals surface area contributed by atoms with Crippen LogP contribution in [0, 0.1) is 11.8 Å². The number of ether oxygens (including phenoxy) is 1. The lowest BCUT2D eigenvalue weighted by atomic mass is 10.2. The first-order chi connectivity index (χ1) is 13.0. The average molecular weight is 421 g/mol. The molecule has 1 N–H and O–H groups in total. The highest BCUT2D eigenvalue weighted by Crippen LogP contribution is 2.39.